The summed E-state index contributed by atoms with van der Waals surface area (Å²) in [4.78, 5) is 11.7. The van der Waals surface area contributed by atoms with Crippen molar-refractivity contribution in [1.29, 1.82) is 0 Å². The number of nitrogens with one attached hydrogen (secondary N) is 1. The smallest absolute Gasteiger partial charge is 0.152 e. The third kappa shape index (κ3) is 1.53. The van der Waals surface area contributed by atoms with Crippen molar-refractivity contribution >= 4 is 5.78 Å². The van der Waals surface area contributed by atoms with Crippen LogP contribution in [0.1, 0.15) is 38.5 Å². The van der Waals surface area contributed by atoms with Gasteiger partial charge in [0.25, 0.3) is 0 Å². The van der Waals surface area contributed by atoms with Gasteiger partial charge >= 0.3 is 0 Å². The van der Waals surface area contributed by atoms with Crippen molar-refractivity contribution in [1.82, 2.24) is 5.32 Å². The van der Waals surface area contributed by atoms with Crippen LogP contribution in [0.2, 0.25) is 0 Å². The van der Waals surface area contributed by atoms with Crippen LogP contribution in [0.15, 0.2) is 0 Å². The van der Waals surface area contributed by atoms with Gasteiger partial charge in [-0.3, -0.25) is 4.79 Å². The lowest BCUT2D eigenvalue weighted by atomic mass is 9.78. The molecule has 2 fully saturated rings. The molecule has 1 aliphatic heterocycles. The van der Waals surface area contributed by atoms with Crippen molar-refractivity contribution in [3.63, 3.8) is 0 Å². The lowest BCUT2D eigenvalue weighted by molar-refractivity contribution is -0.127. The molecule has 1 saturated carbocycles. The molecule has 2 rings (SSSR count). The van der Waals surface area contributed by atoms with Crippen LogP contribution in [0.4, 0.5) is 0 Å². The molecule has 1 atom stereocenters. The average Bonchev–Trinajstić information content (AvgIpc) is 2.03. The third-order valence-corrected chi connectivity index (χ3v) is 3.16. The standard InChI is InChI=1S/C10H17NO/c12-10(8-4-3-5-8)9-6-1-2-7-11-9/h8-9,11H,1-7H2/t9-/m0/s1. The first-order chi connectivity index (χ1) is 5.88. The maximum atomic E-state index is 11.7. The van der Waals surface area contributed by atoms with Gasteiger partial charge in [-0.15, -0.1) is 0 Å². The van der Waals surface area contributed by atoms with Gasteiger partial charge in [0.1, 0.15) is 0 Å². The molecule has 0 radical (unpaired) electrons. The van der Waals surface area contributed by atoms with E-state index in [1.54, 1.807) is 0 Å². The van der Waals surface area contributed by atoms with Crippen LogP contribution in [0.25, 0.3) is 0 Å². The van der Waals surface area contributed by atoms with Gasteiger partial charge in [-0.2, -0.15) is 0 Å². The molecule has 2 aliphatic rings. The van der Waals surface area contributed by atoms with Gasteiger partial charge in [0, 0.05) is 5.92 Å². The molecule has 0 unspecified atom stereocenters. The van der Waals surface area contributed by atoms with E-state index in [-0.39, 0.29) is 6.04 Å². The summed E-state index contributed by atoms with van der Waals surface area (Å²) in [6, 6.07) is 0.212. The minimum absolute atomic E-state index is 0.212. The van der Waals surface area contributed by atoms with Gasteiger partial charge in [-0.25, -0.2) is 0 Å². The van der Waals surface area contributed by atoms with E-state index in [2.05, 4.69) is 5.32 Å². The number of piperidine rings is 1. The van der Waals surface area contributed by atoms with Gasteiger partial charge < -0.3 is 5.32 Å². The van der Waals surface area contributed by atoms with Crippen LogP contribution in [-0.2, 0) is 4.79 Å². The summed E-state index contributed by atoms with van der Waals surface area (Å²) in [5.41, 5.74) is 0. The zero-order valence-corrected chi connectivity index (χ0v) is 7.51. The number of hydrogen-bond donors (Lipinski definition) is 1. The first kappa shape index (κ1) is 8.24. The fourth-order valence-electron chi connectivity index (χ4n) is 2.07. The molecule has 0 amide bonds. The zero-order chi connectivity index (χ0) is 8.39. The lowest BCUT2D eigenvalue weighted by Gasteiger charge is -2.30. The SMILES string of the molecule is O=C(C1CCC1)[C@@H]1CCCCN1. The lowest BCUT2D eigenvalue weighted by Crippen LogP contribution is -2.44. The fourth-order valence-corrected chi connectivity index (χ4v) is 2.07. The second-order valence-electron chi connectivity index (χ2n) is 4.03. The van der Waals surface area contributed by atoms with Crippen LogP contribution in [-0.4, -0.2) is 18.4 Å². The molecular weight excluding hydrogens is 150 g/mol. The molecule has 0 aromatic carbocycles. The van der Waals surface area contributed by atoms with Gasteiger partial charge in [0.2, 0.25) is 0 Å². The molecule has 12 heavy (non-hydrogen) atoms. The summed E-state index contributed by atoms with van der Waals surface area (Å²) in [7, 11) is 0. The fraction of sp³-hybridized carbons (Fsp3) is 0.900. The Morgan fingerprint density at radius 2 is 1.92 bits per heavy atom. The number of carbonyl (C=O) groups excluding carboxylic acids is 1. The monoisotopic (exact) mass is 167 g/mol. The first-order valence-corrected chi connectivity index (χ1v) is 5.15. The van der Waals surface area contributed by atoms with E-state index in [1.165, 1.54) is 19.3 Å². The van der Waals surface area contributed by atoms with Gasteiger partial charge in [-0.05, 0) is 32.2 Å². The Balaban J connectivity index is 1.84. The number of rotatable bonds is 2. The van der Waals surface area contributed by atoms with Crippen molar-refractivity contribution in [3.8, 4) is 0 Å². The summed E-state index contributed by atoms with van der Waals surface area (Å²) in [5.74, 6) is 0.918. The molecule has 1 saturated heterocycles. The van der Waals surface area contributed by atoms with E-state index in [0.717, 1.165) is 25.8 Å². The number of ketones is 1. The molecular formula is C10H17NO. The quantitative estimate of drug-likeness (QED) is 0.675. The molecule has 0 aromatic heterocycles. The number of carbonyl (C=O) groups is 1. The summed E-state index contributed by atoms with van der Waals surface area (Å²) >= 11 is 0. The predicted octanol–water partition coefficient (Wildman–Crippen LogP) is 1.50. The van der Waals surface area contributed by atoms with E-state index in [1.807, 2.05) is 0 Å². The van der Waals surface area contributed by atoms with Crippen LogP contribution in [0.5, 0.6) is 0 Å². The Labute approximate surface area is 73.7 Å². The maximum Gasteiger partial charge on any atom is 0.152 e. The van der Waals surface area contributed by atoms with Gasteiger partial charge in [0.15, 0.2) is 5.78 Å². The molecule has 0 spiro atoms. The Morgan fingerprint density at radius 1 is 1.08 bits per heavy atom. The van der Waals surface area contributed by atoms with E-state index < -0.39 is 0 Å². The van der Waals surface area contributed by atoms with Crippen molar-refractivity contribution < 1.29 is 4.79 Å². The van der Waals surface area contributed by atoms with Crippen molar-refractivity contribution in [2.75, 3.05) is 6.54 Å². The van der Waals surface area contributed by atoms with Crippen LogP contribution in [0, 0.1) is 5.92 Å². The topological polar surface area (TPSA) is 29.1 Å². The van der Waals surface area contributed by atoms with Crippen LogP contribution in [0.3, 0.4) is 0 Å². The maximum absolute atomic E-state index is 11.7. The van der Waals surface area contributed by atoms with Crippen LogP contribution < -0.4 is 5.32 Å². The number of hydrogen-bond acceptors (Lipinski definition) is 2. The number of Topliss-reactive ketones (excluding diaryl/α,β-unsaturated/α-hetero) is 1. The van der Waals surface area contributed by atoms with E-state index in [4.69, 9.17) is 0 Å². The summed E-state index contributed by atoms with van der Waals surface area (Å²) in [5, 5.41) is 3.32. The minimum Gasteiger partial charge on any atom is -0.307 e. The highest BCUT2D eigenvalue weighted by Gasteiger charge is 2.31. The summed E-state index contributed by atoms with van der Waals surface area (Å²) in [6.45, 7) is 1.04. The van der Waals surface area contributed by atoms with E-state index in [0.29, 0.717) is 11.7 Å². The predicted molar refractivity (Wildman–Crippen MR) is 48.0 cm³/mol. The molecule has 1 N–H and O–H groups in total. The Bertz CT molecular complexity index is 169. The van der Waals surface area contributed by atoms with E-state index in [9.17, 15) is 4.79 Å². The highest BCUT2D eigenvalue weighted by molar-refractivity contribution is 5.87. The van der Waals surface area contributed by atoms with Crippen LogP contribution >= 0.6 is 0 Å². The van der Waals surface area contributed by atoms with Gasteiger partial charge in [-0.1, -0.05) is 12.8 Å². The molecule has 0 bridgehead atoms. The first-order valence-electron chi connectivity index (χ1n) is 5.15. The molecule has 0 aromatic rings. The molecule has 1 aliphatic carbocycles. The zero-order valence-electron chi connectivity index (χ0n) is 7.51. The molecule has 68 valence electrons. The Kier molecular flexibility index (Phi) is 2.45. The largest absolute Gasteiger partial charge is 0.307 e. The highest BCUT2D eigenvalue weighted by Crippen LogP contribution is 2.29. The normalized spacial score (nSPS) is 31.2. The van der Waals surface area contributed by atoms with Gasteiger partial charge in [0.05, 0.1) is 6.04 Å². The highest BCUT2D eigenvalue weighted by atomic mass is 16.1. The van der Waals surface area contributed by atoms with Crippen molar-refractivity contribution in [3.05, 3.63) is 0 Å². The molecule has 2 nitrogen and oxygen atoms in total. The Morgan fingerprint density at radius 3 is 2.42 bits per heavy atom. The molecule has 1 heterocycles. The second-order valence-corrected chi connectivity index (χ2v) is 4.03. The molecule has 2 heteroatoms. The van der Waals surface area contributed by atoms with E-state index >= 15 is 0 Å². The third-order valence-electron chi connectivity index (χ3n) is 3.16. The minimum atomic E-state index is 0.212. The summed E-state index contributed by atoms with van der Waals surface area (Å²) in [6.07, 6.45) is 7.12. The van der Waals surface area contributed by atoms with Crippen molar-refractivity contribution in [2.24, 2.45) is 5.92 Å². The second kappa shape index (κ2) is 3.56. The Hall–Kier alpha value is -0.370. The summed E-state index contributed by atoms with van der Waals surface area (Å²) < 4.78 is 0. The average molecular weight is 167 g/mol. The van der Waals surface area contributed by atoms with Crippen molar-refractivity contribution in [2.45, 2.75) is 44.6 Å².